The number of nitrogens with two attached hydrogens (primary N) is 2. The molecule has 0 fully saturated rings. The molecule has 0 bridgehead atoms. The Morgan fingerprint density at radius 3 is 2.40 bits per heavy atom. The molecule has 0 aromatic carbocycles. The topological polar surface area (TPSA) is 77.8 Å². The maximum absolute atomic E-state index is 5.35. The van der Waals surface area contributed by atoms with Gasteiger partial charge >= 0.3 is 0 Å². The fraction of sp³-hybridized carbons (Fsp3) is 0.200. The largest absolute Gasteiger partial charge is 0.449 e. The number of nitrogens with zero attached hydrogens (tertiary/aromatic N) is 2. The van der Waals surface area contributed by atoms with Gasteiger partial charge in [0.05, 0.1) is 5.82 Å². The van der Waals surface area contributed by atoms with Gasteiger partial charge in [-0.3, -0.25) is 4.98 Å². The predicted octanol–water partition coefficient (Wildman–Crippen LogP) is -0.253. The van der Waals surface area contributed by atoms with E-state index in [4.69, 9.17) is 11.5 Å². The van der Waals surface area contributed by atoms with E-state index >= 15 is 0 Å². The van der Waals surface area contributed by atoms with Gasteiger partial charge in [-0.25, -0.2) is 0 Å². The molecule has 0 aliphatic carbocycles. The molecule has 4 nitrogen and oxygen atoms in total. The van der Waals surface area contributed by atoms with Crippen LogP contribution in [-0.2, 0) is 32.7 Å². The molecule has 0 amide bonds. The summed E-state index contributed by atoms with van der Waals surface area (Å²) in [4.78, 5) is 7.45. The third-order valence-electron chi connectivity index (χ3n) is 0.950. The molecule has 1 rings (SSSR count). The van der Waals surface area contributed by atoms with Crippen LogP contribution < -0.4 is 11.5 Å². The van der Waals surface area contributed by atoms with Crippen LogP contribution in [0.25, 0.3) is 0 Å². The van der Waals surface area contributed by atoms with Crippen LogP contribution in [0.4, 0.5) is 11.6 Å². The second-order valence-corrected chi connectivity index (χ2v) is 1.69. The van der Waals surface area contributed by atoms with E-state index < -0.39 is 0 Å². The van der Waals surface area contributed by atoms with Gasteiger partial charge in [-0.15, -0.1) is 6.20 Å². The van der Waals surface area contributed by atoms with Gasteiger partial charge in [0.1, 0.15) is 0 Å². The standard InChI is InChI=1S/C5H7N4.Y/c1-3-5(7)9-4(6)2-8-3;/h1H3,(H4,6,7,9);/q-1;. The van der Waals surface area contributed by atoms with Crippen LogP contribution in [0.15, 0.2) is 0 Å². The number of rotatable bonds is 0. The monoisotopic (exact) mass is 212 g/mol. The second kappa shape index (κ2) is 3.83. The van der Waals surface area contributed by atoms with Crippen molar-refractivity contribution in [3.8, 4) is 0 Å². The molecule has 0 spiro atoms. The van der Waals surface area contributed by atoms with E-state index in [-0.39, 0.29) is 38.5 Å². The summed E-state index contributed by atoms with van der Waals surface area (Å²) in [6.45, 7) is 1.75. The summed E-state index contributed by atoms with van der Waals surface area (Å²) in [5, 5.41) is 0. The smallest absolute Gasteiger partial charge is 0.0607 e. The summed E-state index contributed by atoms with van der Waals surface area (Å²) in [5.74, 6) is 0.601. The number of nitrogen functional groups attached to an aromatic ring is 2. The van der Waals surface area contributed by atoms with Crippen LogP contribution in [0.5, 0.6) is 0 Å². The molecule has 1 radical (unpaired) electrons. The Hall–Kier alpha value is -0.216. The minimum atomic E-state index is 0. The molecule has 4 N–H and O–H groups in total. The number of aromatic nitrogens is 2. The summed E-state index contributed by atoms with van der Waals surface area (Å²) < 4.78 is 0. The predicted molar refractivity (Wildman–Crippen MR) is 34.4 cm³/mol. The maximum atomic E-state index is 5.35. The van der Waals surface area contributed by atoms with Gasteiger partial charge in [-0.1, -0.05) is 12.6 Å². The summed E-state index contributed by atoms with van der Waals surface area (Å²) in [6, 6.07) is 0. The Kier molecular flexibility index (Phi) is 3.75. The first-order valence-corrected chi connectivity index (χ1v) is 2.47. The van der Waals surface area contributed by atoms with Crippen molar-refractivity contribution in [2.24, 2.45) is 0 Å². The van der Waals surface area contributed by atoms with Gasteiger partial charge in [-0.2, -0.15) is 0 Å². The zero-order chi connectivity index (χ0) is 6.85. The number of hydrogen-bond acceptors (Lipinski definition) is 4. The quantitative estimate of drug-likeness (QED) is 0.581. The fourth-order valence-corrected chi connectivity index (χ4v) is 0.434. The van der Waals surface area contributed by atoms with Crippen molar-refractivity contribution >= 4 is 11.6 Å². The van der Waals surface area contributed by atoms with Gasteiger partial charge in [-0.05, 0) is 0 Å². The third-order valence-corrected chi connectivity index (χ3v) is 0.950. The SMILES string of the molecule is Cc1n[c-]c(N)nc1N.[Y]. The Morgan fingerprint density at radius 2 is 2.00 bits per heavy atom. The summed E-state index contributed by atoms with van der Waals surface area (Å²) in [5.41, 5.74) is 11.2. The van der Waals surface area contributed by atoms with E-state index in [0.29, 0.717) is 11.5 Å². The molecule has 1 heterocycles. The molecule has 0 saturated carbocycles. The third kappa shape index (κ3) is 2.19. The van der Waals surface area contributed by atoms with E-state index in [0.717, 1.165) is 0 Å². The number of anilines is 2. The van der Waals surface area contributed by atoms with Gasteiger partial charge in [0.25, 0.3) is 0 Å². The first-order valence-electron chi connectivity index (χ1n) is 2.47. The summed E-state index contributed by atoms with van der Waals surface area (Å²) >= 11 is 0. The van der Waals surface area contributed by atoms with E-state index in [2.05, 4.69) is 16.2 Å². The number of aryl methyl sites for hydroxylation is 1. The zero-order valence-corrected chi connectivity index (χ0v) is 8.46. The van der Waals surface area contributed by atoms with E-state index in [1.807, 2.05) is 0 Å². The molecule has 5 heteroatoms. The maximum Gasteiger partial charge on any atom is 0.0607 e. The second-order valence-electron chi connectivity index (χ2n) is 1.69. The molecule has 1 aromatic heterocycles. The fourth-order valence-electron chi connectivity index (χ4n) is 0.434. The van der Waals surface area contributed by atoms with Crippen molar-refractivity contribution in [1.29, 1.82) is 0 Å². The van der Waals surface area contributed by atoms with Gasteiger partial charge in [0.2, 0.25) is 0 Å². The van der Waals surface area contributed by atoms with Gasteiger partial charge < -0.3 is 16.5 Å². The molecule has 1 aromatic rings. The van der Waals surface area contributed by atoms with Crippen LogP contribution in [0.2, 0.25) is 0 Å². The summed E-state index contributed by atoms with van der Waals surface area (Å²) in [7, 11) is 0. The molecule has 0 atom stereocenters. The van der Waals surface area contributed by atoms with Crippen LogP contribution in [0.1, 0.15) is 5.69 Å². The van der Waals surface area contributed by atoms with E-state index in [1.54, 1.807) is 6.92 Å². The Morgan fingerprint density at radius 1 is 1.40 bits per heavy atom. The minimum absolute atomic E-state index is 0. The first-order chi connectivity index (χ1) is 4.20. The zero-order valence-electron chi connectivity index (χ0n) is 5.63. The van der Waals surface area contributed by atoms with Gasteiger partial charge in [0.15, 0.2) is 0 Å². The van der Waals surface area contributed by atoms with Crippen LogP contribution >= 0.6 is 0 Å². The number of hydrogen-bond donors (Lipinski definition) is 2. The Bertz CT molecular complexity index is 225. The van der Waals surface area contributed by atoms with Crippen LogP contribution in [-0.4, -0.2) is 9.97 Å². The average molecular weight is 212 g/mol. The minimum Gasteiger partial charge on any atom is -0.449 e. The van der Waals surface area contributed by atoms with Gasteiger partial charge in [0, 0.05) is 38.5 Å². The van der Waals surface area contributed by atoms with Crippen molar-refractivity contribution in [2.45, 2.75) is 6.92 Å². The van der Waals surface area contributed by atoms with Crippen LogP contribution in [0.3, 0.4) is 0 Å². The van der Waals surface area contributed by atoms with E-state index in [9.17, 15) is 0 Å². The van der Waals surface area contributed by atoms with Crippen LogP contribution in [0, 0.1) is 13.1 Å². The van der Waals surface area contributed by atoms with Crippen molar-refractivity contribution in [2.75, 3.05) is 11.5 Å². The molecule has 10 heavy (non-hydrogen) atoms. The normalized spacial score (nSPS) is 8.50. The Labute approximate surface area is 84.3 Å². The molecule has 0 unspecified atom stereocenters. The van der Waals surface area contributed by atoms with Crippen molar-refractivity contribution in [1.82, 2.24) is 9.97 Å². The van der Waals surface area contributed by atoms with Crippen molar-refractivity contribution in [3.05, 3.63) is 11.9 Å². The molecule has 0 aliphatic heterocycles. The Balaban J connectivity index is 0.000000810. The van der Waals surface area contributed by atoms with Crippen molar-refractivity contribution in [3.63, 3.8) is 0 Å². The molecular formula is C5H7N4Y-. The average Bonchev–Trinajstić information content (AvgIpc) is 1.80. The molecule has 0 aliphatic rings. The molecule has 51 valence electrons. The molecular weight excluding hydrogens is 205 g/mol. The molecule has 0 saturated heterocycles. The van der Waals surface area contributed by atoms with Crippen molar-refractivity contribution < 1.29 is 32.7 Å². The summed E-state index contributed by atoms with van der Waals surface area (Å²) in [6.07, 6.45) is 2.48. The van der Waals surface area contributed by atoms with E-state index in [1.165, 1.54) is 0 Å². The first kappa shape index (κ1) is 9.78.